The molecule has 2 aromatic heterocycles. The smallest absolute Gasteiger partial charge is 0.258 e. The van der Waals surface area contributed by atoms with Crippen molar-refractivity contribution in [1.82, 2.24) is 9.38 Å². The fourth-order valence-corrected chi connectivity index (χ4v) is 4.73. The van der Waals surface area contributed by atoms with Gasteiger partial charge >= 0.3 is 0 Å². The Labute approximate surface area is 153 Å². The molecule has 0 aliphatic carbocycles. The van der Waals surface area contributed by atoms with E-state index in [4.69, 9.17) is 0 Å². The number of para-hydroxylation sites is 1. The molecule has 0 saturated heterocycles. The van der Waals surface area contributed by atoms with Crippen molar-refractivity contribution in [2.45, 2.75) is 25.1 Å². The van der Waals surface area contributed by atoms with E-state index in [2.05, 4.69) is 18.0 Å². The van der Waals surface area contributed by atoms with E-state index in [9.17, 15) is 9.59 Å². The average molecular weight is 371 g/mol. The fourth-order valence-electron chi connectivity index (χ4n) is 3.22. The number of thiazole rings is 1. The van der Waals surface area contributed by atoms with Gasteiger partial charge in [-0.3, -0.25) is 14.0 Å². The minimum absolute atomic E-state index is 0.0738. The zero-order chi connectivity index (χ0) is 17.4. The summed E-state index contributed by atoms with van der Waals surface area (Å²) in [4.78, 5) is 31.7. The van der Waals surface area contributed by atoms with Crippen molar-refractivity contribution in [1.29, 1.82) is 0 Å². The number of nitrogens with zero attached hydrogens (tertiary/aromatic N) is 3. The highest BCUT2D eigenvalue weighted by molar-refractivity contribution is 7.99. The monoisotopic (exact) mass is 371 g/mol. The van der Waals surface area contributed by atoms with E-state index in [1.165, 1.54) is 33.1 Å². The molecule has 1 aromatic carbocycles. The maximum Gasteiger partial charge on any atom is 0.258 e. The number of carbonyl (C=O) groups excluding carboxylic acids is 1. The summed E-state index contributed by atoms with van der Waals surface area (Å²) in [5.74, 6) is 1.04. The van der Waals surface area contributed by atoms with Gasteiger partial charge < -0.3 is 4.90 Å². The first-order valence-corrected chi connectivity index (χ1v) is 10.1. The molecule has 4 rings (SSSR count). The highest BCUT2D eigenvalue weighted by atomic mass is 32.2. The number of fused-ring (bicyclic) bond motifs is 2. The average Bonchev–Trinajstić information content (AvgIpc) is 3.18. The van der Waals surface area contributed by atoms with Crippen molar-refractivity contribution < 1.29 is 4.79 Å². The van der Waals surface area contributed by atoms with Crippen LogP contribution >= 0.6 is 23.1 Å². The first-order chi connectivity index (χ1) is 12.1. The standard InChI is InChI=1S/C18H17N3O2S2/c1-12-8-13-4-2-3-5-15(13)21(12)17(23)11-24-10-14-9-16(22)20-6-7-25-18(20)19-14/h2-7,9,12H,8,10-11H2,1H3. The van der Waals surface area contributed by atoms with Crippen LogP contribution in [-0.4, -0.2) is 27.1 Å². The maximum atomic E-state index is 12.7. The molecule has 5 nitrogen and oxygen atoms in total. The summed E-state index contributed by atoms with van der Waals surface area (Å²) >= 11 is 2.94. The molecule has 1 aliphatic heterocycles. The first-order valence-electron chi connectivity index (χ1n) is 8.07. The van der Waals surface area contributed by atoms with Crippen LogP contribution in [0.3, 0.4) is 0 Å². The van der Waals surface area contributed by atoms with Crippen LogP contribution in [0.1, 0.15) is 18.2 Å². The van der Waals surface area contributed by atoms with Crippen LogP contribution in [0.15, 0.2) is 46.7 Å². The molecule has 0 saturated carbocycles. The third kappa shape index (κ3) is 3.09. The van der Waals surface area contributed by atoms with Gasteiger partial charge in [0.25, 0.3) is 5.56 Å². The van der Waals surface area contributed by atoms with E-state index in [1.807, 2.05) is 28.5 Å². The predicted octanol–water partition coefficient (Wildman–Crippen LogP) is 2.97. The van der Waals surface area contributed by atoms with E-state index >= 15 is 0 Å². The van der Waals surface area contributed by atoms with Gasteiger partial charge in [0.2, 0.25) is 5.91 Å². The van der Waals surface area contributed by atoms with Crippen molar-refractivity contribution in [3.05, 3.63) is 63.5 Å². The van der Waals surface area contributed by atoms with Gasteiger partial charge in [-0.15, -0.1) is 23.1 Å². The molecular formula is C18H17N3O2S2. The van der Waals surface area contributed by atoms with Gasteiger partial charge in [-0.1, -0.05) is 18.2 Å². The lowest BCUT2D eigenvalue weighted by Crippen LogP contribution is -2.37. The molecule has 7 heteroatoms. The lowest BCUT2D eigenvalue weighted by Gasteiger charge is -2.22. The molecule has 0 N–H and O–H groups in total. The number of hydrogen-bond donors (Lipinski definition) is 0. The molecule has 0 radical (unpaired) electrons. The van der Waals surface area contributed by atoms with Gasteiger partial charge in [-0.25, -0.2) is 4.98 Å². The molecule has 3 heterocycles. The number of hydrogen-bond acceptors (Lipinski definition) is 5. The molecule has 1 atom stereocenters. The van der Waals surface area contributed by atoms with Gasteiger partial charge in [0.1, 0.15) is 0 Å². The number of amides is 1. The van der Waals surface area contributed by atoms with Crippen LogP contribution in [0.2, 0.25) is 0 Å². The van der Waals surface area contributed by atoms with Crippen LogP contribution in [0.25, 0.3) is 4.96 Å². The number of benzene rings is 1. The Hall–Kier alpha value is -2.12. The summed E-state index contributed by atoms with van der Waals surface area (Å²) in [5, 5.41) is 1.84. The van der Waals surface area contributed by atoms with Crippen molar-refractivity contribution in [2.24, 2.45) is 0 Å². The molecule has 128 valence electrons. The summed E-state index contributed by atoms with van der Waals surface area (Å²) in [7, 11) is 0. The van der Waals surface area contributed by atoms with Gasteiger partial charge in [0.05, 0.1) is 11.4 Å². The van der Waals surface area contributed by atoms with Crippen molar-refractivity contribution in [3.8, 4) is 0 Å². The third-order valence-corrected chi connectivity index (χ3v) is 6.02. The van der Waals surface area contributed by atoms with Crippen LogP contribution < -0.4 is 10.5 Å². The molecule has 0 fully saturated rings. The maximum absolute atomic E-state index is 12.7. The Balaban J connectivity index is 1.43. The van der Waals surface area contributed by atoms with Crippen LogP contribution in [0.4, 0.5) is 5.69 Å². The second-order valence-corrected chi connectivity index (χ2v) is 7.94. The zero-order valence-corrected chi connectivity index (χ0v) is 15.3. The highest BCUT2D eigenvalue weighted by Crippen LogP contribution is 2.32. The van der Waals surface area contributed by atoms with Crippen molar-refractivity contribution >= 4 is 39.7 Å². The summed E-state index contributed by atoms with van der Waals surface area (Å²) in [6.45, 7) is 2.08. The largest absolute Gasteiger partial charge is 0.308 e. The van der Waals surface area contributed by atoms with Crippen LogP contribution in [-0.2, 0) is 17.0 Å². The van der Waals surface area contributed by atoms with E-state index in [-0.39, 0.29) is 17.5 Å². The van der Waals surface area contributed by atoms with E-state index < -0.39 is 0 Å². The number of aromatic nitrogens is 2. The van der Waals surface area contributed by atoms with Gasteiger partial charge in [0, 0.05) is 35.1 Å². The summed E-state index contributed by atoms with van der Waals surface area (Å²) in [6.07, 6.45) is 2.63. The molecule has 1 amide bonds. The normalized spacial score (nSPS) is 16.4. The molecule has 0 bridgehead atoms. The number of thioether (sulfide) groups is 1. The fraction of sp³-hybridized carbons (Fsp3) is 0.278. The van der Waals surface area contributed by atoms with E-state index in [1.54, 1.807) is 12.3 Å². The molecule has 25 heavy (non-hydrogen) atoms. The van der Waals surface area contributed by atoms with Crippen LogP contribution in [0.5, 0.6) is 0 Å². The lowest BCUT2D eigenvalue weighted by atomic mass is 10.1. The first kappa shape index (κ1) is 16.4. The van der Waals surface area contributed by atoms with Gasteiger partial charge in [0.15, 0.2) is 4.96 Å². The Bertz CT molecular complexity index is 995. The SMILES string of the molecule is CC1Cc2ccccc2N1C(=O)CSCc1cc(=O)n2ccsc2n1. The van der Waals surface area contributed by atoms with Crippen molar-refractivity contribution in [2.75, 3.05) is 10.7 Å². The second-order valence-electron chi connectivity index (χ2n) is 6.08. The Morgan fingerprint density at radius 3 is 3.12 bits per heavy atom. The van der Waals surface area contributed by atoms with Gasteiger partial charge in [-0.2, -0.15) is 0 Å². The highest BCUT2D eigenvalue weighted by Gasteiger charge is 2.30. The van der Waals surface area contributed by atoms with Crippen molar-refractivity contribution in [3.63, 3.8) is 0 Å². The minimum atomic E-state index is -0.0738. The predicted molar refractivity (Wildman–Crippen MR) is 103 cm³/mol. The number of anilines is 1. The van der Waals surface area contributed by atoms with Crippen LogP contribution in [0, 0.1) is 0 Å². The summed E-state index contributed by atoms with van der Waals surface area (Å²) < 4.78 is 1.53. The topological polar surface area (TPSA) is 54.7 Å². The molecule has 1 unspecified atom stereocenters. The van der Waals surface area contributed by atoms with E-state index in [0.717, 1.165) is 17.8 Å². The Morgan fingerprint density at radius 1 is 1.40 bits per heavy atom. The zero-order valence-electron chi connectivity index (χ0n) is 13.7. The summed E-state index contributed by atoms with van der Waals surface area (Å²) in [5.41, 5.74) is 2.90. The van der Waals surface area contributed by atoms with Gasteiger partial charge in [-0.05, 0) is 25.0 Å². The summed E-state index contributed by atoms with van der Waals surface area (Å²) in [6, 6.07) is 9.81. The molecular weight excluding hydrogens is 354 g/mol. The quantitative estimate of drug-likeness (QED) is 0.708. The molecule has 3 aromatic rings. The molecule has 0 spiro atoms. The number of rotatable bonds is 4. The Kier molecular flexibility index (Phi) is 4.35. The number of carbonyl (C=O) groups is 1. The molecule has 1 aliphatic rings. The second kappa shape index (κ2) is 6.65. The van der Waals surface area contributed by atoms with E-state index in [0.29, 0.717) is 16.5 Å². The Morgan fingerprint density at radius 2 is 2.24 bits per heavy atom. The third-order valence-electron chi connectivity index (χ3n) is 4.31. The lowest BCUT2D eigenvalue weighted by molar-refractivity contribution is -0.116. The minimum Gasteiger partial charge on any atom is -0.308 e.